The number of aryl methyl sites for hydroxylation is 1. The monoisotopic (exact) mass is 288 g/mol. The molecule has 3 N–H and O–H groups in total. The highest BCUT2D eigenvalue weighted by atomic mass is 32.2. The molecule has 0 saturated heterocycles. The van der Waals surface area contributed by atoms with E-state index in [0.29, 0.717) is 0 Å². The molecule has 0 radical (unpaired) electrons. The lowest BCUT2D eigenvalue weighted by atomic mass is 10.1. The van der Waals surface area contributed by atoms with E-state index in [4.69, 9.17) is 5.84 Å². The number of nitrogen functional groups attached to an aromatic ring is 1. The zero-order valence-electron chi connectivity index (χ0n) is 11.9. The Morgan fingerprint density at radius 1 is 1.25 bits per heavy atom. The number of nitrogens with one attached hydrogen (secondary N) is 1. The lowest BCUT2D eigenvalue weighted by molar-refractivity contribution is 0.856. The van der Waals surface area contributed by atoms with Gasteiger partial charge >= 0.3 is 0 Å². The Balaban J connectivity index is 2.19. The average molecular weight is 288 g/mol. The molecule has 2 aromatic rings. The number of hydrogen-bond acceptors (Lipinski definition) is 5. The van der Waals surface area contributed by atoms with Crippen molar-refractivity contribution in [3.05, 3.63) is 47.3 Å². The van der Waals surface area contributed by atoms with E-state index in [-0.39, 0.29) is 0 Å². The SMILES string of the molecule is CCCc1c(NN)ncnc1SCc1ccccc1C. The number of rotatable bonds is 6. The molecule has 1 heterocycles. The molecule has 20 heavy (non-hydrogen) atoms. The number of hydrazine groups is 1. The molecule has 0 spiro atoms. The normalized spacial score (nSPS) is 10.6. The van der Waals surface area contributed by atoms with Crippen molar-refractivity contribution in [2.45, 2.75) is 37.5 Å². The summed E-state index contributed by atoms with van der Waals surface area (Å²) in [4.78, 5) is 8.60. The fraction of sp³-hybridized carbons (Fsp3) is 0.333. The quantitative estimate of drug-likeness (QED) is 0.369. The average Bonchev–Trinajstić information content (AvgIpc) is 2.47. The van der Waals surface area contributed by atoms with Gasteiger partial charge < -0.3 is 5.43 Å². The number of nitrogens with two attached hydrogens (primary N) is 1. The Morgan fingerprint density at radius 2 is 2.05 bits per heavy atom. The number of aromatic nitrogens is 2. The van der Waals surface area contributed by atoms with Crippen molar-refractivity contribution in [2.75, 3.05) is 5.43 Å². The van der Waals surface area contributed by atoms with Crippen LogP contribution in [-0.2, 0) is 12.2 Å². The van der Waals surface area contributed by atoms with Crippen LogP contribution in [0.4, 0.5) is 5.82 Å². The van der Waals surface area contributed by atoms with Gasteiger partial charge in [0.1, 0.15) is 17.2 Å². The molecule has 5 heteroatoms. The second kappa shape index (κ2) is 7.26. The maximum Gasteiger partial charge on any atom is 0.147 e. The van der Waals surface area contributed by atoms with Crippen LogP contribution in [0.15, 0.2) is 35.6 Å². The van der Waals surface area contributed by atoms with Crippen LogP contribution in [0.3, 0.4) is 0 Å². The zero-order chi connectivity index (χ0) is 14.4. The third kappa shape index (κ3) is 3.49. The second-order valence-corrected chi connectivity index (χ2v) is 5.58. The van der Waals surface area contributed by atoms with Gasteiger partial charge in [0, 0.05) is 11.3 Å². The maximum absolute atomic E-state index is 5.53. The fourth-order valence-electron chi connectivity index (χ4n) is 2.04. The van der Waals surface area contributed by atoms with E-state index in [1.807, 2.05) is 0 Å². The lowest BCUT2D eigenvalue weighted by Crippen LogP contribution is -2.12. The predicted octanol–water partition coefficient (Wildman–Crippen LogP) is 3.32. The van der Waals surface area contributed by atoms with Crippen LogP contribution in [-0.4, -0.2) is 9.97 Å². The number of nitrogens with zero attached hydrogens (tertiary/aromatic N) is 2. The van der Waals surface area contributed by atoms with E-state index in [0.717, 1.165) is 35.0 Å². The minimum absolute atomic E-state index is 0.731. The van der Waals surface area contributed by atoms with Crippen LogP contribution in [0.25, 0.3) is 0 Å². The first-order chi connectivity index (χ1) is 9.76. The first kappa shape index (κ1) is 14.8. The fourth-order valence-corrected chi connectivity index (χ4v) is 3.15. The van der Waals surface area contributed by atoms with E-state index >= 15 is 0 Å². The topological polar surface area (TPSA) is 63.8 Å². The van der Waals surface area contributed by atoms with Gasteiger partial charge in [-0.05, 0) is 24.5 Å². The summed E-state index contributed by atoms with van der Waals surface area (Å²) in [6.45, 7) is 4.28. The standard InChI is InChI=1S/C15H20N4S/c1-3-6-13-14(19-16)17-10-18-15(13)20-9-12-8-5-4-7-11(12)2/h4-5,7-8,10H,3,6,9,16H2,1-2H3,(H,17,18,19). The summed E-state index contributed by atoms with van der Waals surface area (Å²) in [6.07, 6.45) is 3.53. The van der Waals surface area contributed by atoms with Crippen LogP contribution in [0.2, 0.25) is 0 Å². The van der Waals surface area contributed by atoms with Gasteiger partial charge in [0.05, 0.1) is 0 Å². The predicted molar refractivity (Wildman–Crippen MR) is 84.6 cm³/mol. The van der Waals surface area contributed by atoms with Crippen molar-refractivity contribution < 1.29 is 0 Å². The molecule has 0 aliphatic heterocycles. The Hall–Kier alpha value is -1.59. The van der Waals surface area contributed by atoms with Gasteiger partial charge in [-0.3, -0.25) is 0 Å². The van der Waals surface area contributed by atoms with Crippen molar-refractivity contribution in [3.8, 4) is 0 Å². The molecule has 1 aromatic heterocycles. The minimum atomic E-state index is 0.731. The van der Waals surface area contributed by atoms with E-state index in [2.05, 4.69) is 53.5 Å². The van der Waals surface area contributed by atoms with Crippen LogP contribution < -0.4 is 11.3 Å². The third-order valence-electron chi connectivity index (χ3n) is 3.17. The van der Waals surface area contributed by atoms with E-state index in [1.54, 1.807) is 18.1 Å². The van der Waals surface area contributed by atoms with Crippen molar-refractivity contribution in [2.24, 2.45) is 5.84 Å². The van der Waals surface area contributed by atoms with Crippen LogP contribution in [0.5, 0.6) is 0 Å². The smallest absolute Gasteiger partial charge is 0.147 e. The molecule has 106 valence electrons. The first-order valence-electron chi connectivity index (χ1n) is 6.74. The summed E-state index contributed by atoms with van der Waals surface area (Å²) in [5, 5.41) is 1.01. The number of hydrogen-bond donors (Lipinski definition) is 2. The molecule has 4 nitrogen and oxygen atoms in total. The van der Waals surface area contributed by atoms with Gasteiger partial charge in [-0.2, -0.15) is 0 Å². The van der Waals surface area contributed by atoms with E-state index in [1.165, 1.54) is 11.1 Å². The van der Waals surface area contributed by atoms with Crippen molar-refractivity contribution in [3.63, 3.8) is 0 Å². The number of benzene rings is 1. The van der Waals surface area contributed by atoms with Crippen LogP contribution >= 0.6 is 11.8 Å². The molecule has 2 rings (SSSR count). The molecule has 1 aromatic carbocycles. The van der Waals surface area contributed by atoms with Gasteiger partial charge in [0.25, 0.3) is 0 Å². The van der Waals surface area contributed by atoms with E-state index < -0.39 is 0 Å². The largest absolute Gasteiger partial charge is 0.308 e. The van der Waals surface area contributed by atoms with Gasteiger partial charge in [-0.15, -0.1) is 11.8 Å². The summed E-state index contributed by atoms with van der Waals surface area (Å²) in [7, 11) is 0. The van der Waals surface area contributed by atoms with Gasteiger partial charge in [-0.25, -0.2) is 15.8 Å². The molecule has 0 fully saturated rings. The Bertz CT molecular complexity index is 572. The van der Waals surface area contributed by atoms with Gasteiger partial charge in [0.15, 0.2) is 0 Å². The molecular formula is C15H20N4S. The van der Waals surface area contributed by atoms with Crippen molar-refractivity contribution >= 4 is 17.6 Å². The third-order valence-corrected chi connectivity index (χ3v) is 4.25. The highest BCUT2D eigenvalue weighted by molar-refractivity contribution is 7.98. The lowest BCUT2D eigenvalue weighted by Gasteiger charge is -2.12. The number of anilines is 1. The maximum atomic E-state index is 5.53. The minimum Gasteiger partial charge on any atom is -0.308 e. The van der Waals surface area contributed by atoms with Crippen LogP contribution in [0, 0.1) is 6.92 Å². The highest BCUT2D eigenvalue weighted by Crippen LogP contribution is 2.29. The number of thioether (sulfide) groups is 1. The first-order valence-corrected chi connectivity index (χ1v) is 7.72. The van der Waals surface area contributed by atoms with E-state index in [9.17, 15) is 0 Å². The molecule has 0 aliphatic rings. The second-order valence-electron chi connectivity index (χ2n) is 4.62. The van der Waals surface area contributed by atoms with Crippen molar-refractivity contribution in [1.82, 2.24) is 9.97 Å². The summed E-state index contributed by atoms with van der Waals surface area (Å²) in [5.74, 6) is 7.17. The molecule has 0 aliphatic carbocycles. The molecule has 0 bridgehead atoms. The van der Waals surface area contributed by atoms with Gasteiger partial charge in [-0.1, -0.05) is 37.6 Å². The Labute approximate surface area is 124 Å². The summed E-state index contributed by atoms with van der Waals surface area (Å²) in [6, 6.07) is 8.43. The van der Waals surface area contributed by atoms with Crippen LogP contribution in [0.1, 0.15) is 30.0 Å². The summed E-state index contributed by atoms with van der Waals surface area (Å²) >= 11 is 1.74. The zero-order valence-corrected chi connectivity index (χ0v) is 12.7. The summed E-state index contributed by atoms with van der Waals surface area (Å²) in [5.41, 5.74) is 6.42. The molecule has 0 atom stereocenters. The molecule has 0 amide bonds. The Morgan fingerprint density at radius 3 is 2.75 bits per heavy atom. The van der Waals surface area contributed by atoms with Crippen molar-refractivity contribution in [1.29, 1.82) is 0 Å². The molecule has 0 unspecified atom stereocenters. The Kier molecular flexibility index (Phi) is 5.38. The van der Waals surface area contributed by atoms with Gasteiger partial charge in [0.2, 0.25) is 0 Å². The highest BCUT2D eigenvalue weighted by Gasteiger charge is 2.11. The molecule has 0 saturated carbocycles. The molecular weight excluding hydrogens is 268 g/mol. The summed E-state index contributed by atoms with van der Waals surface area (Å²) < 4.78 is 0.